The standard InChI is InChI=1S/C26H33N3O3/c1-25(2,3)17-24(31)29-13-10-26(11-14-29)16-19(21-8-4-5-9-22(21)32-26)15-23(30)28-20-7-6-12-27-18-20/h4-9,12,18-19H,10-11,13-17H2,1-3H3,(H,28,30)/t19-/m0/s1. The summed E-state index contributed by atoms with van der Waals surface area (Å²) in [4.78, 5) is 31.5. The van der Waals surface area contributed by atoms with Crippen LogP contribution in [0.4, 0.5) is 5.69 Å². The lowest BCUT2D eigenvalue weighted by Gasteiger charge is -2.47. The second-order valence-electron chi connectivity index (χ2n) is 10.3. The lowest BCUT2D eigenvalue weighted by molar-refractivity contribution is -0.137. The second-order valence-corrected chi connectivity index (χ2v) is 10.3. The number of hydrogen-bond donors (Lipinski definition) is 1. The molecule has 4 rings (SSSR count). The molecule has 0 bridgehead atoms. The molecule has 1 spiro atoms. The first kappa shape index (κ1) is 22.3. The number of fused-ring (bicyclic) bond motifs is 1. The number of amides is 2. The van der Waals surface area contributed by atoms with Gasteiger partial charge in [0.05, 0.1) is 11.9 Å². The van der Waals surface area contributed by atoms with E-state index in [4.69, 9.17) is 4.74 Å². The van der Waals surface area contributed by atoms with Crippen molar-refractivity contribution in [3.8, 4) is 5.75 Å². The second kappa shape index (κ2) is 8.93. The number of benzene rings is 1. The predicted octanol–water partition coefficient (Wildman–Crippen LogP) is 4.77. The quantitative estimate of drug-likeness (QED) is 0.751. The number of nitrogens with one attached hydrogen (secondary N) is 1. The number of piperidine rings is 1. The average Bonchev–Trinajstić information content (AvgIpc) is 2.73. The van der Waals surface area contributed by atoms with Crippen LogP contribution in [-0.2, 0) is 9.59 Å². The van der Waals surface area contributed by atoms with Gasteiger partial charge in [-0.15, -0.1) is 0 Å². The molecule has 170 valence electrons. The highest BCUT2D eigenvalue weighted by Crippen LogP contribution is 2.46. The van der Waals surface area contributed by atoms with Gasteiger partial charge in [-0.1, -0.05) is 39.0 Å². The van der Waals surface area contributed by atoms with Crippen molar-refractivity contribution >= 4 is 17.5 Å². The molecule has 1 saturated heterocycles. The number of likely N-dealkylation sites (tertiary alicyclic amines) is 1. The fourth-order valence-electron chi connectivity index (χ4n) is 4.83. The highest BCUT2D eigenvalue weighted by molar-refractivity contribution is 5.91. The number of ether oxygens (including phenoxy) is 1. The molecular formula is C26H33N3O3. The van der Waals surface area contributed by atoms with E-state index in [2.05, 4.69) is 37.1 Å². The summed E-state index contributed by atoms with van der Waals surface area (Å²) in [6, 6.07) is 11.7. The molecule has 0 unspecified atom stereocenters. The van der Waals surface area contributed by atoms with Gasteiger partial charge in [0, 0.05) is 50.9 Å². The van der Waals surface area contributed by atoms with E-state index in [1.165, 1.54) is 0 Å². The number of pyridine rings is 1. The van der Waals surface area contributed by atoms with E-state index in [0.29, 0.717) is 31.6 Å². The number of carbonyl (C=O) groups is 2. The minimum absolute atomic E-state index is 0.0147. The van der Waals surface area contributed by atoms with Gasteiger partial charge in [-0.2, -0.15) is 0 Å². The zero-order valence-electron chi connectivity index (χ0n) is 19.3. The number of anilines is 1. The summed E-state index contributed by atoms with van der Waals surface area (Å²) in [6.45, 7) is 7.69. The third-order valence-electron chi connectivity index (χ3n) is 6.39. The third-order valence-corrected chi connectivity index (χ3v) is 6.39. The van der Waals surface area contributed by atoms with Crippen LogP contribution in [0.1, 0.15) is 64.4 Å². The zero-order valence-corrected chi connectivity index (χ0v) is 19.3. The molecule has 1 N–H and O–H groups in total. The van der Waals surface area contributed by atoms with E-state index >= 15 is 0 Å². The number of carbonyl (C=O) groups excluding carboxylic acids is 2. The molecule has 1 atom stereocenters. The van der Waals surface area contributed by atoms with Gasteiger partial charge >= 0.3 is 0 Å². The molecule has 1 fully saturated rings. The molecular weight excluding hydrogens is 402 g/mol. The average molecular weight is 436 g/mol. The highest BCUT2D eigenvalue weighted by atomic mass is 16.5. The largest absolute Gasteiger partial charge is 0.487 e. The van der Waals surface area contributed by atoms with Gasteiger partial charge in [-0.3, -0.25) is 14.6 Å². The maximum absolute atomic E-state index is 12.8. The van der Waals surface area contributed by atoms with Crippen LogP contribution in [0.25, 0.3) is 0 Å². The maximum Gasteiger partial charge on any atom is 0.225 e. The zero-order chi connectivity index (χ0) is 22.8. The van der Waals surface area contributed by atoms with E-state index in [1.54, 1.807) is 12.4 Å². The number of aromatic nitrogens is 1. The van der Waals surface area contributed by atoms with Crippen molar-refractivity contribution in [2.75, 3.05) is 18.4 Å². The van der Waals surface area contributed by atoms with Gasteiger partial charge < -0.3 is 15.0 Å². The van der Waals surface area contributed by atoms with Crippen molar-refractivity contribution in [1.29, 1.82) is 0 Å². The Morgan fingerprint density at radius 1 is 1.16 bits per heavy atom. The first-order chi connectivity index (χ1) is 15.2. The summed E-state index contributed by atoms with van der Waals surface area (Å²) in [6.07, 6.45) is 6.65. The lowest BCUT2D eigenvalue weighted by atomic mass is 9.76. The van der Waals surface area contributed by atoms with Crippen molar-refractivity contribution in [2.24, 2.45) is 5.41 Å². The molecule has 1 aromatic heterocycles. The number of nitrogens with zero attached hydrogens (tertiary/aromatic N) is 2. The molecule has 0 saturated carbocycles. The van der Waals surface area contributed by atoms with Crippen molar-refractivity contribution < 1.29 is 14.3 Å². The summed E-state index contributed by atoms with van der Waals surface area (Å²) >= 11 is 0. The SMILES string of the molecule is CC(C)(C)CC(=O)N1CCC2(CC1)C[C@H](CC(=O)Nc1cccnc1)c1ccccc1O2. The van der Waals surface area contributed by atoms with E-state index < -0.39 is 0 Å². The third kappa shape index (κ3) is 5.29. The van der Waals surface area contributed by atoms with Crippen LogP contribution in [0, 0.1) is 5.41 Å². The van der Waals surface area contributed by atoms with Crippen LogP contribution < -0.4 is 10.1 Å². The molecule has 1 aromatic carbocycles. The van der Waals surface area contributed by atoms with Crippen molar-refractivity contribution in [2.45, 2.75) is 64.4 Å². The smallest absolute Gasteiger partial charge is 0.225 e. The van der Waals surface area contributed by atoms with Crippen LogP contribution >= 0.6 is 0 Å². The Morgan fingerprint density at radius 3 is 2.59 bits per heavy atom. The molecule has 2 aliphatic heterocycles. The Hall–Kier alpha value is -2.89. The molecule has 0 aliphatic carbocycles. The van der Waals surface area contributed by atoms with Crippen molar-refractivity contribution in [1.82, 2.24) is 9.88 Å². The fraction of sp³-hybridized carbons (Fsp3) is 0.500. The van der Waals surface area contributed by atoms with Crippen LogP contribution in [-0.4, -0.2) is 40.4 Å². The maximum atomic E-state index is 12.8. The van der Waals surface area contributed by atoms with Gasteiger partial charge in [0.25, 0.3) is 0 Å². The minimum Gasteiger partial charge on any atom is -0.487 e. The molecule has 3 heterocycles. The van der Waals surface area contributed by atoms with Gasteiger partial charge in [-0.25, -0.2) is 0 Å². The summed E-state index contributed by atoms with van der Waals surface area (Å²) in [5.41, 5.74) is 1.45. The summed E-state index contributed by atoms with van der Waals surface area (Å²) in [7, 11) is 0. The van der Waals surface area contributed by atoms with E-state index in [-0.39, 0.29) is 28.7 Å². The van der Waals surface area contributed by atoms with Crippen molar-refractivity contribution in [3.63, 3.8) is 0 Å². The lowest BCUT2D eigenvalue weighted by Crippen LogP contribution is -2.52. The summed E-state index contributed by atoms with van der Waals surface area (Å²) < 4.78 is 6.54. The highest BCUT2D eigenvalue weighted by Gasteiger charge is 2.44. The van der Waals surface area contributed by atoms with Gasteiger partial charge in [0.15, 0.2) is 0 Å². The van der Waals surface area contributed by atoms with Crippen LogP contribution in [0.3, 0.4) is 0 Å². The van der Waals surface area contributed by atoms with Crippen LogP contribution in [0.2, 0.25) is 0 Å². The number of hydrogen-bond acceptors (Lipinski definition) is 4. The molecule has 6 heteroatoms. The molecule has 0 radical (unpaired) electrons. The Labute approximate surface area is 190 Å². The Morgan fingerprint density at radius 2 is 1.91 bits per heavy atom. The normalized spacial score (nSPS) is 19.7. The molecule has 2 amide bonds. The molecule has 6 nitrogen and oxygen atoms in total. The van der Waals surface area contributed by atoms with E-state index in [9.17, 15) is 9.59 Å². The van der Waals surface area contributed by atoms with E-state index in [1.807, 2.05) is 35.2 Å². The summed E-state index contributed by atoms with van der Waals surface area (Å²) in [5, 5.41) is 2.96. The fourth-order valence-corrected chi connectivity index (χ4v) is 4.83. The van der Waals surface area contributed by atoms with E-state index in [0.717, 1.165) is 30.6 Å². The van der Waals surface area contributed by atoms with Crippen molar-refractivity contribution in [3.05, 3.63) is 54.4 Å². The Bertz CT molecular complexity index is 960. The number of para-hydroxylation sites is 1. The summed E-state index contributed by atoms with van der Waals surface area (Å²) in [5.74, 6) is 1.14. The number of rotatable bonds is 4. The first-order valence-corrected chi connectivity index (χ1v) is 11.5. The topological polar surface area (TPSA) is 71.5 Å². The molecule has 32 heavy (non-hydrogen) atoms. The van der Waals surface area contributed by atoms with Crippen LogP contribution in [0.15, 0.2) is 48.8 Å². The Kier molecular flexibility index (Phi) is 6.22. The Balaban J connectivity index is 1.45. The molecule has 2 aromatic rings. The minimum atomic E-state index is -0.327. The van der Waals surface area contributed by atoms with Gasteiger partial charge in [0.1, 0.15) is 11.4 Å². The first-order valence-electron chi connectivity index (χ1n) is 11.5. The van der Waals surface area contributed by atoms with Crippen LogP contribution in [0.5, 0.6) is 5.75 Å². The van der Waals surface area contributed by atoms with Gasteiger partial charge in [-0.05, 0) is 35.6 Å². The van der Waals surface area contributed by atoms with Gasteiger partial charge in [0.2, 0.25) is 11.8 Å². The molecule has 2 aliphatic rings. The predicted molar refractivity (Wildman–Crippen MR) is 125 cm³/mol. The monoisotopic (exact) mass is 435 g/mol.